The van der Waals surface area contributed by atoms with Gasteiger partial charge in [-0.2, -0.15) is 5.10 Å². The molecule has 1 aliphatic rings. The van der Waals surface area contributed by atoms with E-state index in [0.717, 1.165) is 13.0 Å². The molecule has 0 aliphatic carbocycles. The Bertz CT molecular complexity index is 456. The third-order valence-electron chi connectivity index (χ3n) is 2.89. The van der Waals surface area contributed by atoms with Crippen molar-refractivity contribution in [2.24, 2.45) is 0 Å². The minimum Gasteiger partial charge on any atom is -0.382 e. The average molecular weight is 251 g/mol. The lowest BCUT2D eigenvalue weighted by atomic mass is 10.3. The molecule has 1 aromatic heterocycles. The summed E-state index contributed by atoms with van der Waals surface area (Å²) < 4.78 is 0. The van der Waals surface area contributed by atoms with Crippen molar-refractivity contribution in [3.8, 4) is 0 Å². The number of rotatable bonds is 4. The van der Waals surface area contributed by atoms with Crippen molar-refractivity contribution >= 4 is 17.6 Å². The molecule has 2 rings (SSSR count). The van der Waals surface area contributed by atoms with Gasteiger partial charge in [0.05, 0.1) is 0 Å². The number of hydrogen-bond donors (Lipinski definition) is 3. The summed E-state index contributed by atoms with van der Waals surface area (Å²) in [5, 5.41) is 9.03. The van der Waals surface area contributed by atoms with Crippen LogP contribution in [0, 0.1) is 0 Å². The Morgan fingerprint density at radius 1 is 1.72 bits per heavy atom. The molecular weight excluding hydrogens is 234 g/mol. The van der Waals surface area contributed by atoms with E-state index in [0.29, 0.717) is 18.7 Å². The maximum Gasteiger partial charge on any atom is 0.269 e. The summed E-state index contributed by atoms with van der Waals surface area (Å²) >= 11 is 0. The molecule has 1 aromatic rings. The van der Waals surface area contributed by atoms with E-state index in [2.05, 4.69) is 15.5 Å². The van der Waals surface area contributed by atoms with E-state index in [1.807, 2.05) is 6.92 Å². The van der Waals surface area contributed by atoms with Crippen LogP contribution >= 0.6 is 0 Å². The molecular formula is C11H17N5O2. The van der Waals surface area contributed by atoms with Gasteiger partial charge in [0.25, 0.3) is 5.91 Å². The number of aromatic nitrogens is 2. The van der Waals surface area contributed by atoms with E-state index in [9.17, 15) is 9.59 Å². The Labute approximate surface area is 105 Å². The molecule has 7 heteroatoms. The highest BCUT2D eigenvalue weighted by molar-refractivity contribution is 5.93. The third-order valence-corrected chi connectivity index (χ3v) is 2.89. The zero-order valence-electron chi connectivity index (χ0n) is 10.3. The highest BCUT2D eigenvalue weighted by Gasteiger charge is 2.22. The van der Waals surface area contributed by atoms with Crippen LogP contribution in [-0.2, 0) is 4.79 Å². The minimum atomic E-state index is -0.265. The summed E-state index contributed by atoms with van der Waals surface area (Å²) in [4.78, 5) is 25.0. The smallest absolute Gasteiger partial charge is 0.269 e. The third kappa shape index (κ3) is 2.79. The second kappa shape index (κ2) is 5.07. The molecule has 0 radical (unpaired) electrons. The van der Waals surface area contributed by atoms with Crippen LogP contribution in [0.25, 0.3) is 0 Å². The summed E-state index contributed by atoms with van der Waals surface area (Å²) in [6.45, 7) is 3.17. The van der Waals surface area contributed by atoms with E-state index >= 15 is 0 Å². The molecule has 0 saturated carbocycles. The van der Waals surface area contributed by atoms with Gasteiger partial charge in [-0.05, 0) is 13.3 Å². The molecule has 2 amide bonds. The Hall–Kier alpha value is -2.05. The van der Waals surface area contributed by atoms with Crippen molar-refractivity contribution in [1.29, 1.82) is 0 Å². The van der Waals surface area contributed by atoms with Crippen LogP contribution in [-0.4, -0.2) is 46.0 Å². The second-order valence-corrected chi connectivity index (χ2v) is 4.52. The van der Waals surface area contributed by atoms with Gasteiger partial charge >= 0.3 is 0 Å². The highest BCUT2D eigenvalue weighted by Crippen LogP contribution is 2.10. The van der Waals surface area contributed by atoms with E-state index in [1.165, 1.54) is 6.07 Å². The van der Waals surface area contributed by atoms with Gasteiger partial charge in [0.2, 0.25) is 5.91 Å². The lowest BCUT2D eigenvalue weighted by molar-refractivity contribution is -0.127. The standard InChI is InChI=1S/C11H17N5O2/c1-7(6-16-4-2-3-10(16)17)13-11(18)8-5-9(12)15-14-8/h5,7H,2-4,6H2,1H3,(H,13,18)(H3,12,14,15). The van der Waals surface area contributed by atoms with Crippen LogP contribution in [0.5, 0.6) is 0 Å². The molecule has 0 bridgehead atoms. The van der Waals surface area contributed by atoms with E-state index in [4.69, 9.17) is 5.73 Å². The maximum absolute atomic E-state index is 11.8. The van der Waals surface area contributed by atoms with Gasteiger partial charge in [-0.15, -0.1) is 0 Å². The van der Waals surface area contributed by atoms with Crippen molar-refractivity contribution in [2.75, 3.05) is 18.8 Å². The fourth-order valence-corrected chi connectivity index (χ4v) is 2.03. The largest absolute Gasteiger partial charge is 0.382 e. The van der Waals surface area contributed by atoms with Crippen LogP contribution in [0.15, 0.2) is 6.07 Å². The zero-order valence-corrected chi connectivity index (χ0v) is 10.3. The molecule has 1 fully saturated rings. The first-order valence-corrected chi connectivity index (χ1v) is 5.96. The van der Waals surface area contributed by atoms with Gasteiger partial charge in [0.15, 0.2) is 0 Å². The van der Waals surface area contributed by atoms with Crippen molar-refractivity contribution in [1.82, 2.24) is 20.4 Å². The maximum atomic E-state index is 11.8. The predicted octanol–water partition coefficient (Wildman–Crippen LogP) is -0.267. The summed E-state index contributed by atoms with van der Waals surface area (Å²) in [5.41, 5.74) is 5.75. The van der Waals surface area contributed by atoms with Crippen LogP contribution in [0.4, 0.5) is 5.82 Å². The highest BCUT2D eigenvalue weighted by atomic mass is 16.2. The number of carbonyl (C=O) groups is 2. The molecule has 0 spiro atoms. The Morgan fingerprint density at radius 2 is 2.50 bits per heavy atom. The topological polar surface area (TPSA) is 104 Å². The quantitative estimate of drug-likeness (QED) is 0.685. The van der Waals surface area contributed by atoms with Crippen LogP contribution in [0.1, 0.15) is 30.3 Å². The van der Waals surface area contributed by atoms with Crippen molar-refractivity contribution in [3.05, 3.63) is 11.8 Å². The fraction of sp³-hybridized carbons (Fsp3) is 0.545. The molecule has 1 saturated heterocycles. The minimum absolute atomic E-state index is 0.107. The lowest BCUT2D eigenvalue weighted by Gasteiger charge is -2.21. The predicted molar refractivity (Wildman–Crippen MR) is 65.7 cm³/mol. The molecule has 1 aliphatic heterocycles. The summed E-state index contributed by atoms with van der Waals surface area (Å²) in [7, 11) is 0. The molecule has 1 unspecified atom stereocenters. The number of nitrogens with one attached hydrogen (secondary N) is 2. The zero-order chi connectivity index (χ0) is 13.1. The number of carbonyl (C=O) groups excluding carboxylic acids is 2. The number of likely N-dealkylation sites (tertiary alicyclic amines) is 1. The van der Waals surface area contributed by atoms with Gasteiger partial charge < -0.3 is 16.0 Å². The van der Waals surface area contributed by atoms with Crippen molar-refractivity contribution < 1.29 is 9.59 Å². The van der Waals surface area contributed by atoms with Gasteiger partial charge in [-0.3, -0.25) is 14.7 Å². The van der Waals surface area contributed by atoms with Gasteiger partial charge in [0.1, 0.15) is 11.5 Å². The SMILES string of the molecule is CC(CN1CCCC1=O)NC(=O)c1cc(N)n[nH]1. The van der Waals surface area contributed by atoms with Crippen LogP contribution in [0.3, 0.4) is 0 Å². The summed E-state index contributed by atoms with van der Waals surface area (Å²) in [6, 6.07) is 1.37. The number of hydrogen-bond acceptors (Lipinski definition) is 4. The van der Waals surface area contributed by atoms with Gasteiger partial charge in [-0.1, -0.05) is 0 Å². The van der Waals surface area contributed by atoms with Crippen LogP contribution in [0.2, 0.25) is 0 Å². The number of nitrogens with two attached hydrogens (primary N) is 1. The molecule has 7 nitrogen and oxygen atoms in total. The number of amides is 2. The first kappa shape index (κ1) is 12.4. The van der Waals surface area contributed by atoms with E-state index in [-0.39, 0.29) is 23.7 Å². The first-order valence-electron chi connectivity index (χ1n) is 5.96. The van der Waals surface area contributed by atoms with Crippen molar-refractivity contribution in [2.45, 2.75) is 25.8 Å². The fourth-order valence-electron chi connectivity index (χ4n) is 2.03. The van der Waals surface area contributed by atoms with E-state index in [1.54, 1.807) is 4.90 Å². The molecule has 0 aromatic carbocycles. The Kier molecular flexibility index (Phi) is 3.50. The Balaban J connectivity index is 1.85. The second-order valence-electron chi connectivity index (χ2n) is 4.52. The molecule has 1 atom stereocenters. The number of nitrogen functional groups attached to an aromatic ring is 1. The number of anilines is 1. The summed E-state index contributed by atoms with van der Waals surface area (Å²) in [6.07, 6.45) is 1.51. The van der Waals surface area contributed by atoms with Crippen LogP contribution < -0.4 is 11.1 Å². The normalized spacial score (nSPS) is 16.9. The van der Waals surface area contributed by atoms with E-state index < -0.39 is 0 Å². The first-order chi connectivity index (χ1) is 8.56. The molecule has 2 heterocycles. The van der Waals surface area contributed by atoms with Gasteiger partial charge in [-0.25, -0.2) is 0 Å². The molecule has 18 heavy (non-hydrogen) atoms. The lowest BCUT2D eigenvalue weighted by Crippen LogP contribution is -2.42. The summed E-state index contributed by atoms with van der Waals surface area (Å²) in [5.74, 6) is 0.169. The van der Waals surface area contributed by atoms with Gasteiger partial charge in [0, 0.05) is 31.6 Å². The number of H-pyrrole nitrogens is 1. The number of aromatic amines is 1. The Morgan fingerprint density at radius 3 is 3.06 bits per heavy atom. The molecule has 98 valence electrons. The average Bonchev–Trinajstić information content (AvgIpc) is 2.89. The van der Waals surface area contributed by atoms with Crippen molar-refractivity contribution in [3.63, 3.8) is 0 Å². The number of nitrogens with zero attached hydrogens (tertiary/aromatic N) is 2. The monoisotopic (exact) mass is 251 g/mol. The molecule has 4 N–H and O–H groups in total.